The first kappa shape index (κ1) is 25.1. The summed E-state index contributed by atoms with van der Waals surface area (Å²) in [7, 11) is 0. The van der Waals surface area contributed by atoms with Crippen molar-refractivity contribution in [2.45, 2.75) is 5.41 Å². The maximum Gasteiger partial charge on any atom is 0.160 e. The van der Waals surface area contributed by atoms with E-state index in [2.05, 4.69) is 146 Å². The zero-order chi connectivity index (χ0) is 28.6. The number of rotatable bonds is 5. The van der Waals surface area contributed by atoms with Crippen LogP contribution in [0.1, 0.15) is 22.3 Å². The van der Waals surface area contributed by atoms with E-state index in [0.29, 0.717) is 0 Å². The fraction of sp³-hybridized carbons (Fsp3) is 0.0244. The fourth-order valence-corrected chi connectivity index (χ4v) is 6.68. The van der Waals surface area contributed by atoms with Gasteiger partial charge >= 0.3 is 0 Å². The van der Waals surface area contributed by atoms with E-state index in [1.807, 2.05) is 24.3 Å². The van der Waals surface area contributed by atoms with Crippen LogP contribution in [0.15, 0.2) is 170 Å². The molecule has 43 heavy (non-hydrogen) atoms. The Morgan fingerprint density at radius 2 is 0.837 bits per heavy atom. The Morgan fingerprint density at radius 1 is 0.349 bits per heavy atom. The second-order valence-corrected chi connectivity index (χ2v) is 11.0. The van der Waals surface area contributed by atoms with Gasteiger partial charge in [0.05, 0.1) is 16.8 Å². The molecule has 0 radical (unpaired) electrons. The Kier molecular flexibility index (Phi) is 6.05. The van der Waals surface area contributed by atoms with Gasteiger partial charge in [-0.2, -0.15) is 0 Å². The summed E-state index contributed by atoms with van der Waals surface area (Å²) >= 11 is 0. The van der Waals surface area contributed by atoms with Crippen LogP contribution in [0.3, 0.4) is 0 Å². The highest BCUT2D eigenvalue weighted by Crippen LogP contribution is 2.56. The molecule has 0 bridgehead atoms. The molecule has 202 valence electrons. The molecule has 0 saturated heterocycles. The predicted molar refractivity (Wildman–Crippen MR) is 176 cm³/mol. The molecule has 6 aromatic carbocycles. The summed E-state index contributed by atoms with van der Waals surface area (Å²) in [6.07, 6.45) is 0. The van der Waals surface area contributed by atoms with Gasteiger partial charge in [-0.3, -0.25) is 0 Å². The van der Waals surface area contributed by atoms with Crippen molar-refractivity contribution in [3.05, 3.63) is 192 Å². The molecule has 0 amide bonds. The topological polar surface area (TPSA) is 25.8 Å². The SMILES string of the molecule is c1ccc(-c2cc(-c3ccc4c(c3)-c3ccccc3C4(c3ccccc3)c3ccccc3)nc(-c3ccccc3)n2)cc1. The zero-order valence-corrected chi connectivity index (χ0v) is 23.6. The number of nitrogens with zero attached hydrogens (tertiary/aromatic N) is 2. The van der Waals surface area contributed by atoms with E-state index >= 15 is 0 Å². The quantitative estimate of drug-likeness (QED) is 0.214. The van der Waals surface area contributed by atoms with Crippen molar-refractivity contribution in [1.29, 1.82) is 0 Å². The van der Waals surface area contributed by atoms with E-state index in [0.717, 1.165) is 33.9 Å². The minimum atomic E-state index is -0.414. The number of aromatic nitrogens is 2. The van der Waals surface area contributed by atoms with Crippen LogP contribution >= 0.6 is 0 Å². The summed E-state index contributed by atoms with van der Waals surface area (Å²) in [4.78, 5) is 10.1. The first-order chi connectivity index (χ1) is 21.3. The van der Waals surface area contributed by atoms with E-state index in [-0.39, 0.29) is 0 Å². The van der Waals surface area contributed by atoms with Crippen LogP contribution in [0.5, 0.6) is 0 Å². The van der Waals surface area contributed by atoms with Gasteiger partial charge in [-0.1, -0.05) is 158 Å². The highest BCUT2D eigenvalue weighted by atomic mass is 14.9. The van der Waals surface area contributed by atoms with Crippen molar-refractivity contribution < 1.29 is 0 Å². The number of hydrogen-bond donors (Lipinski definition) is 0. The second-order valence-electron chi connectivity index (χ2n) is 11.0. The molecule has 8 rings (SSSR count). The van der Waals surface area contributed by atoms with E-state index in [1.165, 1.54) is 33.4 Å². The molecule has 2 heteroatoms. The van der Waals surface area contributed by atoms with Gasteiger partial charge < -0.3 is 0 Å². The van der Waals surface area contributed by atoms with Crippen LogP contribution in [0.25, 0.3) is 45.0 Å². The Morgan fingerprint density at radius 3 is 1.47 bits per heavy atom. The lowest BCUT2D eigenvalue weighted by Gasteiger charge is -2.33. The van der Waals surface area contributed by atoms with Gasteiger partial charge in [0.15, 0.2) is 5.82 Å². The van der Waals surface area contributed by atoms with Crippen LogP contribution < -0.4 is 0 Å². The van der Waals surface area contributed by atoms with Gasteiger partial charge in [0.1, 0.15) is 0 Å². The van der Waals surface area contributed by atoms with E-state index in [1.54, 1.807) is 0 Å². The maximum absolute atomic E-state index is 5.12. The monoisotopic (exact) mass is 548 g/mol. The third-order valence-corrected chi connectivity index (χ3v) is 8.58. The van der Waals surface area contributed by atoms with Crippen molar-refractivity contribution in [2.75, 3.05) is 0 Å². The molecule has 1 aliphatic rings. The van der Waals surface area contributed by atoms with E-state index in [9.17, 15) is 0 Å². The highest BCUT2D eigenvalue weighted by molar-refractivity contribution is 5.89. The highest BCUT2D eigenvalue weighted by Gasteiger charge is 2.45. The van der Waals surface area contributed by atoms with E-state index < -0.39 is 5.41 Å². The molecule has 0 N–H and O–H groups in total. The summed E-state index contributed by atoms with van der Waals surface area (Å²) < 4.78 is 0. The molecule has 0 spiro atoms. The van der Waals surface area contributed by atoms with Gasteiger partial charge in [-0.05, 0) is 45.5 Å². The van der Waals surface area contributed by atoms with Crippen molar-refractivity contribution in [3.63, 3.8) is 0 Å². The summed E-state index contributed by atoms with van der Waals surface area (Å²) in [6.45, 7) is 0. The second kappa shape index (κ2) is 10.3. The minimum Gasteiger partial charge on any atom is -0.228 e. The standard InChI is InChI=1S/C41H28N2/c1-5-15-29(16-6-1)38-28-39(43-40(42-38)30-17-7-2-8-18-30)31-25-26-37-35(27-31)34-23-13-14-24-36(34)41(37,32-19-9-3-10-20-32)33-21-11-4-12-22-33/h1-28H. The van der Waals surface area contributed by atoms with Gasteiger partial charge in [0.2, 0.25) is 0 Å². The maximum atomic E-state index is 5.12. The minimum absolute atomic E-state index is 0.414. The van der Waals surface area contributed by atoms with Crippen LogP contribution in [-0.2, 0) is 5.41 Å². The first-order valence-electron chi connectivity index (χ1n) is 14.7. The summed E-state index contributed by atoms with van der Waals surface area (Å²) in [5, 5.41) is 0. The van der Waals surface area contributed by atoms with Crippen LogP contribution in [0.4, 0.5) is 0 Å². The van der Waals surface area contributed by atoms with Gasteiger partial charge in [-0.25, -0.2) is 9.97 Å². The number of fused-ring (bicyclic) bond motifs is 3. The molecule has 0 unspecified atom stereocenters. The van der Waals surface area contributed by atoms with Gasteiger partial charge in [0.25, 0.3) is 0 Å². The molecule has 1 heterocycles. The Labute approximate surface area is 252 Å². The van der Waals surface area contributed by atoms with Gasteiger partial charge in [0, 0.05) is 16.7 Å². The molecule has 0 fully saturated rings. The lowest BCUT2D eigenvalue weighted by atomic mass is 9.67. The normalized spacial score (nSPS) is 12.8. The Balaban J connectivity index is 1.38. The molecule has 7 aromatic rings. The molecule has 1 aliphatic carbocycles. The average molecular weight is 549 g/mol. The predicted octanol–water partition coefficient (Wildman–Crippen LogP) is 9.84. The van der Waals surface area contributed by atoms with Crippen molar-refractivity contribution in [1.82, 2.24) is 9.97 Å². The van der Waals surface area contributed by atoms with Crippen LogP contribution in [0, 0.1) is 0 Å². The van der Waals surface area contributed by atoms with E-state index in [4.69, 9.17) is 9.97 Å². The molecular weight excluding hydrogens is 520 g/mol. The molecule has 0 atom stereocenters. The summed E-state index contributed by atoms with van der Waals surface area (Å²) in [6, 6.07) is 60.2. The molecule has 2 nitrogen and oxygen atoms in total. The lowest BCUT2D eigenvalue weighted by molar-refractivity contribution is 0.768. The third kappa shape index (κ3) is 4.11. The Bertz CT molecular complexity index is 1950. The van der Waals surface area contributed by atoms with Crippen LogP contribution in [0.2, 0.25) is 0 Å². The fourth-order valence-electron chi connectivity index (χ4n) is 6.68. The van der Waals surface area contributed by atoms with Crippen molar-refractivity contribution in [2.24, 2.45) is 0 Å². The molecule has 0 aliphatic heterocycles. The number of hydrogen-bond acceptors (Lipinski definition) is 2. The van der Waals surface area contributed by atoms with Crippen molar-refractivity contribution in [3.8, 4) is 45.0 Å². The summed E-state index contributed by atoms with van der Waals surface area (Å²) in [5.74, 6) is 0.723. The zero-order valence-electron chi connectivity index (χ0n) is 23.6. The molecular formula is C41H28N2. The first-order valence-corrected chi connectivity index (χ1v) is 14.7. The number of benzene rings is 6. The summed E-state index contributed by atoms with van der Waals surface area (Å²) in [5.41, 5.74) is 12.2. The van der Waals surface area contributed by atoms with Crippen molar-refractivity contribution >= 4 is 0 Å². The molecule has 1 aromatic heterocycles. The Hall–Kier alpha value is -5.60. The molecule has 0 saturated carbocycles. The van der Waals surface area contributed by atoms with Gasteiger partial charge in [-0.15, -0.1) is 0 Å². The largest absolute Gasteiger partial charge is 0.228 e. The smallest absolute Gasteiger partial charge is 0.160 e. The van der Waals surface area contributed by atoms with Crippen LogP contribution in [-0.4, -0.2) is 9.97 Å². The lowest BCUT2D eigenvalue weighted by Crippen LogP contribution is -2.28. The average Bonchev–Trinajstić information content (AvgIpc) is 3.40. The third-order valence-electron chi connectivity index (χ3n) is 8.58.